The van der Waals surface area contributed by atoms with E-state index >= 15 is 0 Å². The molecule has 0 bridgehead atoms. The second-order valence-electron chi connectivity index (χ2n) is 8.24. The largest absolute Gasteiger partial charge is 0.462 e. The van der Waals surface area contributed by atoms with Gasteiger partial charge in [0.1, 0.15) is 28.4 Å². The molecule has 0 aliphatic heterocycles. The van der Waals surface area contributed by atoms with E-state index in [0.717, 1.165) is 11.3 Å². The van der Waals surface area contributed by atoms with Crippen molar-refractivity contribution in [3.8, 4) is 22.8 Å². The van der Waals surface area contributed by atoms with Gasteiger partial charge in [-0.3, -0.25) is 4.68 Å². The van der Waals surface area contributed by atoms with Gasteiger partial charge in [-0.1, -0.05) is 18.2 Å². The van der Waals surface area contributed by atoms with Gasteiger partial charge in [-0.2, -0.15) is 5.10 Å². The number of aromatic nitrogens is 2. The van der Waals surface area contributed by atoms with Gasteiger partial charge in [0.25, 0.3) is 0 Å². The molecule has 1 heterocycles. The fourth-order valence-electron chi connectivity index (χ4n) is 3.00. The molecular formula is C25H29N3O5. The van der Waals surface area contributed by atoms with Crippen molar-refractivity contribution in [1.29, 1.82) is 0 Å². The first-order chi connectivity index (χ1) is 15.7. The fourth-order valence-corrected chi connectivity index (χ4v) is 3.00. The maximum atomic E-state index is 12.5. The molecule has 3 rings (SSSR count). The molecule has 0 unspecified atom stereocenters. The van der Waals surface area contributed by atoms with Crippen molar-refractivity contribution in [2.45, 2.75) is 39.8 Å². The number of ether oxygens (including phenoxy) is 3. The van der Waals surface area contributed by atoms with E-state index in [-0.39, 0.29) is 6.61 Å². The summed E-state index contributed by atoms with van der Waals surface area (Å²) in [7, 11) is 0. The van der Waals surface area contributed by atoms with Crippen LogP contribution in [0.5, 0.6) is 11.5 Å². The van der Waals surface area contributed by atoms with E-state index in [1.165, 1.54) is 0 Å². The van der Waals surface area contributed by atoms with Crippen LogP contribution in [0, 0.1) is 0 Å². The summed E-state index contributed by atoms with van der Waals surface area (Å²) in [6.07, 6.45) is 1.12. The second-order valence-corrected chi connectivity index (χ2v) is 8.24. The zero-order chi connectivity index (χ0) is 23.8. The van der Waals surface area contributed by atoms with Gasteiger partial charge in [0, 0.05) is 18.3 Å². The van der Waals surface area contributed by atoms with E-state index in [2.05, 4.69) is 10.4 Å². The third-order valence-electron chi connectivity index (χ3n) is 4.37. The second kappa shape index (κ2) is 10.7. The SMILES string of the molecule is CCOC(=O)c1cn(CCNC(=O)OC(C)(C)C)nc1-c1ccc(Oc2ccccc2)cc1. The Kier molecular flexibility index (Phi) is 7.71. The molecule has 3 aromatic rings. The fraction of sp³-hybridized carbons (Fsp3) is 0.320. The smallest absolute Gasteiger partial charge is 0.407 e. The average molecular weight is 452 g/mol. The normalized spacial score (nSPS) is 11.0. The average Bonchev–Trinajstić information content (AvgIpc) is 3.18. The van der Waals surface area contributed by atoms with Crippen LogP contribution in [0.25, 0.3) is 11.3 Å². The van der Waals surface area contributed by atoms with Gasteiger partial charge in [0.15, 0.2) is 0 Å². The molecule has 33 heavy (non-hydrogen) atoms. The van der Waals surface area contributed by atoms with Gasteiger partial charge in [-0.05, 0) is 64.1 Å². The summed E-state index contributed by atoms with van der Waals surface area (Å²) in [5, 5.41) is 7.24. The molecule has 2 aromatic carbocycles. The number of nitrogens with zero attached hydrogens (tertiary/aromatic N) is 2. The van der Waals surface area contributed by atoms with Crippen molar-refractivity contribution in [2.24, 2.45) is 0 Å². The van der Waals surface area contributed by atoms with Crippen LogP contribution in [0.2, 0.25) is 0 Å². The number of carbonyl (C=O) groups excluding carboxylic acids is 2. The maximum absolute atomic E-state index is 12.5. The number of hydrogen-bond donors (Lipinski definition) is 1. The maximum Gasteiger partial charge on any atom is 0.407 e. The predicted octanol–water partition coefficient (Wildman–Crippen LogP) is 5.04. The van der Waals surface area contributed by atoms with E-state index in [9.17, 15) is 9.59 Å². The molecule has 1 aromatic heterocycles. The molecular weight excluding hydrogens is 422 g/mol. The highest BCUT2D eigenvalue weighted by Gasteiger charge is 2.20. The zero-order valence-electron chi connectivity index (χ0n) is 19.3. The standard InChI is InChI=1S/C25H29N3O5/c1-5-31-23(29)21-17-28(16-15-26-24(30)33-25(2,3)4)27-22(21)18-11-13-20(14-12-18)32-19-9-7-6-8-10-19/h6-14,17H,5,15-16H2,1-4H3,(H,26,30). The van der Waals surface area contributed by atoms with Crippen LogP contribution in [0.3, 0.4) is 0 Å². The van der Waals surface area contributed by atoms with Gasteiger partial charge in [0.2, 0.25) is 0 Å². The van der Waals surface area contributed by atoms with Crippen LogP contribution in [0.4, 0.5) is 4.79 Å². The third kappa shape index (κ3) is 7.10. The number of esters is 1. The molecule has 8 nitrogen and oxygen atoms in total. The molecule has 0 aliphatic carbocycles. The highest BCUT2D eigenvalue weighted by atomic mass is 16.6. The van der Waals surface area contributed by atoms with Gasteiger partial charge in [-0.25, -0.2) is 9.59 Å². The van der Waals surface area contributed by atoms with E-state index < -0.39 is 17.7 Å². The molecule has 174 valence electrons. The number of carbonyl (C=O) groups is 2. The molecule has 8 heteroatoms. The summed E-state index contributed by atoms with van der Waals surface area (Å²) < 4.78 is 17.9. The lowest BCUT2D eigenvalue weighted by Gasteiger charge is -2.19. The monoisotopic (exact) mass is 451 g/mol. The van der Waals surface area contributed by atoms with Gasteiger partial charge >= 0.3 is 12.1 Å². The van der Waals surface area contributed by atoms with Crippen LogP contribution in [-0.2, 0) is 16.0 Å². The summed E-state index contributed by atoms with van der Waals surface area (Å²) in [6.45, 7) is 8.06. The van der Waals surface area contributed by atoms with Gasteiger partial charge in [0.05, 0.1) is 13.2 Å². The number of amides is 1. The summed E-state index contributed by atoms with van der Waals surface area (Å²) >= 11 is 0. The van der Waals surface area contributed by atoms with Crippen LogP contribution in [0.15, 0.2) is 60.8 Å². The first kappa shape index (κ1) is 23.8. The molecule has 1 N–H and O–H groups in total. The Morgan fingerprint density at radius 1 is 1.00 bits per heavy atom. The molecule has 1 amide bonds. The lowest BCUT2D eigenvalue weighted by atomic mass is 10.1. The molecule has 0 aliphatic rings. The highest BCUT2D eigenvalue weighted by molar-refractivity contribution is 5.96. The van der Waals surface area contributed by atoms with Crippen molar-refractivity contribution < 1.29 is 23.8 Å². The molecule has 0 spiro atoms. The van der Waals surface area contributed by atoms with Crippen molar-refractivity contribution in [3.63, 3.8) is 0 Å². The zero-order valence-corrected chi connectivity index (χ0v) is 19.3. The lowest BCUT2D eigenvalue weighted by Crippen LogP contribution is -2.34. The molecule has 0 radical (unpaired) electrons. The lowest BCUT2D eigenvalue weighted by molar-refractivity contribution is 0.0514. The van der Waals surface area contributed by atoms with E-state index in [1.54, 1.807) is 38.6 Å². The van der Waals surface area contributed by atoms with Gasteiger partial charge in [-0.15, -0.1) is 0 Å². The van der Waals surface area contributed by atoms with Crippen LogP contribution < -0.4 is 10.1 Å². The minimum atomic E-state index is -0.573. The first-order valence-electron chi connectivity index (χ1n) is 10.8. The number of benzene rings is 2. The van der Waals surface area contributed by atoms with Crippen molar-refractivity contribution in [2.75, 3.05) is 13.2 Å². The Hall–Kier alpha value is -3.81. The van der Waals surface area contributed by atoms with Gasteiger partial charge < -0.3 is 19.5 Å². The summed E-state index contributed by atoms with van der Waals surface area (Å²) in [4.78, 5) is 24.4. The van der Waals surface area contributed by atoms with Crippen LogP contribution in [-0.4, -0.2) is 40.6 Å². The van der Waals surface area contributed by atoms with Crippen molar-refractivity contribution in [1.82, 2.24) is 15.1 Å². The Morgan fingerprint density at radius 2 is 1.67 bits per heavy atom. The third-order valence-corrected chi connectivity index (χ3v) is 4.37. The number of rotatable bonds is 8. The van der Waals surface area contributed by atoms with E-state index in [0.29, 0.717) is 30.1 Å². The molecule has 0 atom stereocenters. The molecule has 0 fully saturated rings. The molecule has 0 saturated heterocycles. The quantitative estimate of drug-likeness (QED) is 0.482. The Bertz CT molecular complexity index is 1070. The summed E-state index contributed by atoms with van der Waals surface area (Å²) in [5.41, 5.74) is 1.02. The van der Waals surface area contributed by atoms with E-state index in [4.69, 9.17) is 14.2 Å². The van der Waals surface area contributed by atoms with E-state index in [1.807, 2.05) is 54.6 Å². The number of para-hydroxylation sites is 1. The van der Waals surface area contributed by atoms with Crippen LogP contribution >= 0.6 is 0 Å². The number of alkyl carbamates (subject to hydrolysis) is 1. The summed E-state index contributed by atoms with van der Waals surface area (Å²) in [5.74, 6) is 0.950. The number of nitrogens with one attached hydrogen (secondary N) is 1. The highest BCUT2D eigenvalue weighted by Crippen LogP contribution is 2.27. The Morgan fingerprint density at radius 3 is 2.30 bits per heavy atom. The molecule has 0 saturated carbocycles. The predicted molar refractivity (Wildman–Crippen MR) is 124 cm³/mol. The Balaban J connectivity index is 1.74. The minimum Gasteiger partial charge on any atom is -0.462 e. The van der Waals surface area contributed by atoms with Crippen molar-refractivity contribution >= 4 is 12.1 Å². The topological polar surface area (TPSA) is 91.7 Å². The van der Waals surface area contributed by atoms with Crippen molar-refractivity contribution in [3.05, 3.63) is 66.4 Å². The Labute approximate surface area is 193 Å². The number of hydrogen-bond acceptors (Lipinski definition) is 6. The summed E-state index contributed by atoms with van der Waals surface area (Å²) in [6, 6.07) is 16.8. The minimum absolute atomic E-state index is 0.257. The first-order valence-corrected chi connectivity index (χ1v) is 10.8. The van der Waals surface area contributed by atoms with Crippen LogP contribution in [0.1, 0.15) is 38.1 Å².